The summed E-state index contributed by atoms with van der Waals surface area (Å²) in [6.07, 6.45) is 3.66. The first-order chi connectivity index (χ1) is 23.2. The number of furan rings is 2. The summed E-state index contributed by atoms with van der Waals surface area (Å²) in [5, 5.41) is 4.44. The molecule has 0 saturated heterocycles. The van der Waals surface area contributed by atoms with E-state index < -0.39 is 0 Å². The first-order valence-electron chi connectivity index (χ1n) is 15.8. The summed E-state index contributed by atoms with van der Waals surface area (Å²) in [7, 11) is 0. The molecule has 0 saturated carbocycles. The van der Waals surface area contributed by atoms with E-state index in [1.807, 2.05) is 97.2 Å². The number of aromatic nitrogens is 2. The van der Waals surface area contributed by atoms with Crippen molar-refractivity contribution in [3.8, 4) is 33.6 Å². The van der Waals surface area contributed by atoms with Crippen LogP contribution in [-0.2, 0) is 20.1 Å². The zero-order valence-electron chi connectivity index (χ0n) is 26.4. The van der Waals surface area contributed by atoms with Crippen molar-refractivity contribution in [2.75, 3.05) is 0 Å². The number of hydrogen-bond acceptors (Lipinski definition) is 4. The topological polar surface area (TPSA) is 52.1 Å². The second kappa shape index (κ2) is 13.4. The van der Waals surface area contributed by atoms with Gasteiger partial charge in [-0.3, -0.25) is 0 Å². The Labute approximate surface area is 292 Å². The smallest absolute Gasteiger partial charge is 0.144 e. The van der Waals surface area contributed by atoms with E-state index >= 15 is 0 Å². The van der Waals surface area contributed by atoms with Crippen molar-refractivity contribution in [1.82, 2.24) is 9.97 Å². The van der Waals surface area contributed by atoms with Gasteiger partial charge in [0.05, 0.1) is 0 Å². The number of fused-ring (bicyclic) bond motifs is 7. The number of benzene rings is 5. The van der Waals surface area contributed by atoms with Crippen LogP contribution in [0.1, 0.15) is 25.3 Å². The van der Waals surface area contributed by atoms with Gasteiger partial charge in [0.15, 0.2) is 0 Å². The summed E-state index contributed by atoms with van der Waals surface area (Å²) >= 11 is 0. The Bertz CT molecular complexity index is 2450. The molecule has 0 atom stereocenters. The Morgan fingerprint density at radius 1 is 0.562 bits per heavy atom. The molecule has 235 valence electrons. The van der Waals surface area contributed by atoms with Crippen LogP contribution in [0.5, 0.6) is 0 Å². The van der Waals surface area contributed by atoms with E-state index in [2.05, 4.69) is 72.3 Å². The SMILES string of the molecule is CC(C)c1c(-c2ccnc(-c3[c-]cccc3)c2)c2oc3ccccc3c2c2c1oc1ccccc12.[Ir].[c-]1ccccc1-c1ccccn1. The number of pyridine rings is 2. The molecule has 0 aliphatic rings. The number of para-hydroxylation sites is 2. The van der Waals surface area contributed by atoms with Crippen molar-refractivity contribution in [3.05, 3.63) is 157 Å². The summed E-state index contributed by atoms with van der Waals surface area (Å²) in [6.45, 7) is 4.43. The fourth-order valence-corrected chi connectivity index (χ4v) is 6.39. The van der Waals surface area contributed by atoms with E-state index in [4.69, 9.17) is 8.83 Å². The van der Waals surface area contributed by atoms with Gasteiger partial charge < -0.3 is 18.8 Å². The van der Waals surface area contributed by atoms with Crippen LogP contribution in [0, 0.1) is 12.1 Å². The van der Waals surface area contributed by atoms with Crippen LogP contribution in [-0.4, -0.2) is 9.97 Å². The van der Waals surface area contributed by atoms with E-state index in [-0.39, 0.29) is 26.0 Å². The maximum absolute atomic E-state index is 6.63. The van der Waals surface area contributed by atoms with Crippen molar-refractivity contribution in [3.63, 3.8) is 0 Å². The summed E-state index contributed by atoms with van der Waals surface area (Å²) in [5.41, 5.74) is 10.7. The summed E-state index contributed by atoms with van der Waals surface area (Å²) < 4.78 is 13.2. The average Bonchev–Trinajstić information content (AvgIpc) is 3.71. The molecule has 0 aliphatic heterocycles. The van der Waals surface area contributed by atoms with Crippen LogP contribution >= 0.6 is 0 Å². The Morgan fingerprint density at radius 3 is 1.73 bits per heavy atom. The molecule has 0 fully saturated rings. The van der Waals surface area contributed by atoms with Crippen molar-refractivity contribution in [1.29, 1.82) is 0 Å². The first kappa shape index (κ1) is 31.3. The van der Waals surface area contributed by atoms with E-state index in [9.17, 15) is 0 Å². The van der Waals surface area contributed by atoms with Crippen LogP contribution in [0.3, 0.4) is 0 Å². The minimum absolute atomic E-state index is 0. The molecule has 48 heavy (non-hydrogen) atoms. The molecule has 5 aromatic carbocycles. The molecule has 5 heteroatoms. The molecule has 0 spiro atoms. The molecule has 1 radical (unpaired) electrons. The van der Waals surface area contributed by atoms with E-state index in [0.717, 1.165) is 83.1 Å². The fraction of sp³-hybridized carbons (Fsp3) is 0.0698. The molecule has 0 bridgehead atoms. The van der Waals surface area contributed by atoms with Gasteiger partial charge in [-0.2, -0.15) is 0 Å². The molecule has 4 aromatic heterocycles. The van der Waals surface area contributed by atoms with Crippen LogP contribution in [0.15, 0.2) is 149 Å². The first-order valence-corrected chi connectivity index (χ1v) is 15.8. The van der Waals surface area contributed by atoms with Gasteiger partial charge in [0, 0.05) is 65.2 Å². The minimum atomic E-state index is 0. The summed E-state index contributed by atoms with van der Waals surface area (Å²) in [4.78, 5) is 8.86. The number of hydrogen-bond donors (Lipinski definition) is 0. The van der Waals surface area contributed by atoms with Crippen LogP contribution < -0.4 is 0 Å². The van der Waals surface area contributed by atoms with Gasteiger partial charge in [0.1, 0.15) is 22.3 Å². The van der Waals surface area contributed by atoms with Crippen molar-refractivity contribution in [2.45, 2.75) is 19.8 Å². The molecule has 0 amide bonds. The van der Waals surface area contributed by atoms with E-state index in [1.165, 1.54) is 0 Å². The van der Waals surface area contributed by atoms with Crippen LogP contribution in [0.4, 0.5) is 0 Å². The van der Waals surface area contributed by atoms with Gasteiger partial charge in [-0.15, -0.1) is 71.8 Å². The van der Waals surface area contributed by atoms with Gasteiger partial charge in [0.25, 0.3) is 0 Å². The fourth-order valence-electron chi connectivity index (χ4n) is 6.39. The normalized spacial score (nSPS) is 11.1. The minimum Gasteiger partial charge on any atom is -0.456 e. The van der Waals surface area contributed by atoms with E-state index in [0.29, 0.717) is 0 Å². The van der Waals surface area contributed by atoms with E-state index in [1.54, 1.807) is 6.20 Å². The maximum atomic E-state index is 6.63. The van der Waals surface area contributed by atoms with Crippen molar-refractivity contribution >= 4 is 43.9 Å². The van der Waals surface area contributed by atoms with Crippen molar-refractivity contribution < 1.29 is 28.9 Å². The average molecular weight is 799 g/mol. The molecular formula is C43H30IrN2O2-2. The third-order valence-corrected chi connectivity index (χ3v) is 8.44. The molecule has 4 nitrogen and oxygen atoms in total. The van der Waals surface area contributed by atoms with Crippen molar-refractivity contribution in [2.24, 2.45) is 0 Å². The third-order valence-electron chi connectivity index (χ3n) is 8.44. The molecule has 9 rings (SSSR count). The Hall–Kier alpha value is -5.35. The number of rotatable bonds is 4. The van der Waals surface area contributed by atoms with Gasteiger partial charge >= 0.3 is 0 Å². The quantitative estimate of drug-likeness (QED) is 0.166. The Kier molecular flexibility index (Phi) is 8.73. The van der Waals surface area contributed by atoms with Crippen LogP contribution in [0.25, 0.3) is 77.5 Å². The van der Waals surface area contributed by atoms with Gasteiger partial charge in [-0.05, 0) is 47.1 Å². The van der Waals surface area contributed by atoms with Crippen LogP contribution in [0.2, 0.25) is 0 Å². The predicted molar refractivity (Wildman–Crippen MR) is 191 cm³/mol. The molecule has 0 unspecified atom stereocenters. The predicted octanol–water partition coefficient (Wildman–Crippen LogP) is 11.7. The Balaban J connectivity index is 0.000000237. The maximum Gasteiger partial charge on any atom is 0.144 e. The van der Waals surface area contributed by atoms with Gasteiger partial charge in [-0.25, -0.2) is 0 Å². The zero-order valence-corrected chi connectivity index (χ0v) is 28.8. The molecular weight excluding hydrogens is 769 g/mol. The Morgan fingerprint density at radius 2 is 1.12 bits per heavy atom. The standard InChI is InChI=1S/C32H22NO2.C11H8N.Ir/c1-19(2)27-28(21-16-17-33-24(18-21)20-10-4-3-5-11-20)32-30(23-13-7-9-15-26(23)35-32)29-22-12-6-8-14-25(22)34-31(27)29;1-2-6-10(7-3-1)11-8-4-5-9-12-11;/h3-10,12-19H,1-2H3;1-6,8-9H;/q2*-1;. The molecule has 0 aliphatic carbocycles. The largest absolute Gasteiger partial charge is 0.456 e. The second-order valence-electron chi connectivity index (χ2n) is 11.7. The summed E-state index contributed by atoms with van der Waals surface area (Å²) in [6, 6.07) is 48.8. The number of nitrogens with zero attached hydrogens (tertiary/aromatic N) is 2. The molecule has 9 aromatic rings. The zero-order chi connectivity index (χ0) is 31.7. The molecule has 4 heterocycles. The summed E-state index contributed by atoms with van der Waals surface area (Å²) in [5.74, 6) is 0.213. The third kappa shape index (κ3) is 5.62. The monoisotopic (exact) mass is 799 g/mol. The molecule has 0 N–H and O–H groups in total. The van der Waals surface area contributed by atoms with Gasteiger partial charge in [-0.1, -0.05) is 68.4 Å². The second-order valence-corrected chi connectivity index (χ2v) is 11.7. The van der Waals surface area contributed by atoms with Gasteiger partial charge in [0.2, 0.25) is 0 Å².